The van der Waals surface area contributed by atoms with E-state index in [1.54, 1.807) is 14.2 Å². The number of carbonyl (C=O) groups excluding carboxylic acids is 1. The number of rotatable bonds is 6. The molecule has 0 aromatic heterocycles. The molecule has 0 saturated carbocycles. The molecule has 0 fully saturated rings. The van der Waals surface area contributed by atoms with Gasteiger partial charge in [0.1, 0.15) is 11.5 Å². The van der Waals surface area contributed by atoms with Gasteiger partial charge in [-0.1, -0.05) is 24.3 Å². The third-order valence-corrected chi connectivity index (χ3v) is 3.50. The molecule has 0 unspecified atom stereocenters. The molecule has 5 nitrogen and oxygen atoms in total. The van der Waals surface area contributed by atoms with E-state index in [0.717, 1.165) is 5.56 Å². The molecule has 2 amide bonds. The molecule has 0 aliphatic heterocycles. The summed E-state index contributed by atoms with van der Waals surface area (Å²) in [5.41, 5.74) is 1.57. The number of nitrogens with zero attached hydrogens (tertiary/aromatic N) is 1. The molecule has 0 radical (unpaired) electrons. The van der Waals surface area contributed by atoms with Gasteiger partial charge in [-0.05, 0) is 35.4 Å². The zero-order valence-corrected chi connectivity index (χ0v) is 14.3. The number of benzene rings is 2. The summed E-state index contributed by atoms with van der Waals surface area (Å²) >= 11 is 0. The molecule has 2 rings (SSSR count). The summed E-state index contributed by atoms with van der Waals surface area (Å²) in [5, 5.41) is 2.77. The molecule has 0 aliphatic rings. The second-order valence-electron chi connectivity index (χ2n) is 5.56. The average molecular weight is 368 g/mol. The van der Waals surface area contributed by atoms with Crippen molar-refractivity contribution < 1.29 is 27.4 Å². The maximum Gasteiger partial charge on any atom is 0.573 e. The van der Waals surface area contributed by atoms with E-state index in [0.29, 0.717) is 17.9 Å². The molecule has 0 saturated heterocycles. The fourth-order valence-electron chi connectivity index (χ4n) is 2.24. The number of ether oxygens (including phenoxy) is 2. The quantitative estimate of drug-likeness (QED) is 0.840. The molecular formula is C18H19F3N2O3. The van der Waals surface area contributed by atoms with Crippen molar-refractivity contribution in [2.45, 2.75) is 19.5 Å². The van der Waals surface area contributed by atoms with Gasteiger partial charge < -0.3 is 19.7 Å². The Balaban J connectivity index is 1.86. The van der Waals surface area contributed by atoms with Crippen molar-refractivity contribution in [3.63, 3.8) is 0 Å². The first-order valence-corrected chi connectivity index (χ1v) is 7.73. The van der Waals surface area contributed by atoms with Crippen molar-refractivity contribution in [2.24, 2.45) is 0 Å². The van der Waals surface area contributed by atoms with Gasteiger partial charge in [0, 0.05) is 20.1 Å². The zero-order chi connectivity index (χ0) is 19.2. The Bertz CT molecular complexity index is 733. The lowest BCUT2D eigenvalue weighted by Crippen LogP contribution is -2.36. The lowest BCUT2D eigenvalue weighted by Gasteiger charge is -2.18. The Morgan fingerprint density at radius 3 is 2.38 bits per heavy atom. The summed E-state index contributed by atoms with van der Waals surface area (Å²) < 4.78 is 45.4. The van der Waals surface area contributed by atoms with Crippen LogP contribution < -0.4 is 14.8 Å². The number of nitrogens with one attached hydrogen (secondary N) is 1. The topological polar surface area (TPSA) is 50.8 Å². The molecule has 140 valence electrons. The van der Waals surface area contributed by atoms with Gasteiger partial charge in [-0.15, -0.1) is 13.2 Å². The predicted molar refractivity (Wildman–Crippen MR) is 89.8 cm³/mol. The van der Waals surface area contributed by atoms with Gasteiger partial charge in [-0.2, -0.15) is 0 Å². The van der Waals surface area contributed by atoms with Crippen LogP contribution in [0.4, 0.5) is 18.0 Å². The second kappa shape index (κ2) is 8.46. The summed E-state index contributed by atoms with van der Waals surface area (Å²) in [6.45, 7) is 0.578. The summed E-state index contributed by atoms with van der Waals surface area (Å²) in [5.74, 6) is 0.401. The molecule has 0 aliphatic carbocycles. The molecule has 2 aromatic carbocycles. The van der Waals surface area contributed by atoms with Gasteiger partial charge in [0.25, 0.3) is 0 Å². The van der Waals surface area contributed by atoms with Crippen LogP contribution in [0.1, 0.15) is 11.1 Å². The first-order chi connectivity index (χ1) is 12.3. The van der Waals surface area contributed by atoms with Crippen LogP contribution in [0.2, 0.25) is 0 Å². The van der Waals surface area contributed by atoms with Crippen molar-refractivity contribution in [1.29, 1.82) is 0 Å². The van der Waals surface area contributed by atoms with Crippen molar-refractivity contribution in [1.82, 2.24) is 10.2 Å². The van der Waals surface area contributed by atoms with E-state index in [9.17, 15) is 18.0 Å². The number of hydrogen-bond acceptors (Lipinski definition) is 3. The lowest BCUT2D eigenvalue weighted by molar-refractivity contribution is -0.274. The second-order valence-corrected chi connectivity index (χ2v) is 5.56. The van der Waals surface area contributed by atoms with E-state index in [4.69, 9.17) is 4.74 Å². The smallest absolute Gasteiger partial charge is 0.497 e. The minimum atomic E-state index is -4.72. The van der Waals surface area contributed by atoms with Gasteiger partial charge in [0.2, 0.25) is 0 Å². The van der Waals surface area contributed by atoms with Gasteiger partial charge in [-0.25, -0.2) is 4.79 Å². The molecule has 0 spiro atoms. The number of hydrogen-bond donors (Lipinski definition) is 1. The number of halogens is 3. The number of carbonyl (C=O) groups is 1. The Labute approximate surface area is 149 Å². The van der Waals surface area contributed by atoms with Crippen molar-refractivity contribution in [3.8, 4) is 11.5 Å². The Hall–Kier alpha value is -2.90. The number of urea groups is 1. The SMILES string of the molecule is COc1cccc(CNC(=O)N(C)Cc2ccc(OC(F)(F)F)cc2)c1. The summed E-state index contributed by atoms with van der Waals surface area (Å²) in [6, 6.07) is 12.4. The lowest BCUT2D eigenvalue weighted by atomic mass is 10.2. The highest BCUT2D eigenvalue weighted by Gasteiger charge is 2.30. The molecular weight excluding hydrogens is 349 g/mol. The maximum atomic E-state index is 12.1. The average Bonchev–Trinajstić information content (AvgIpc) is 2.60. The van der Waals surface area contributed by atoms with Gasteiger partial charge >= 0.3 is 12.4 Å². The normalized spacial score (nSPS) is 11.0. The highest BCUT2D eigenvalue weighted by atomic mass is 19.4. The molecule has 0 bridgehead atoms. The number of amides is 2. The number of methoxy groups -OCH3 is 1. The van der Waals surface area contributed by atoms with Gasteiger partial charge in [0.05, 0.1) is 7.11 Å². The van der Waals surface area contributed by atoms with E-state index in [1.165, 1.54) is 29.2 Å². The third kappa shape index (κ3) is 6.19. The Morgan fingerprint density at radius 1 is 1.08 bits per heavy atom. The predicted octanol–water partition coefficient (Wildman–Crippen LogP) is 3.94. The van der Waals surface area contributed by atoms with Crippen LogP contribution in [-0.2, 0) is 13.1 Å². The zero-order valence-electron chi connectivity index (χ0n) is 14.3. The summed E-state index contributed by atoms with van der Waals surface area (Å²) in [4.78, 5) is 13.6. The van der Waals surface area contributed by atoms with E-state index in [1.807, 2.05) is 24.3 Å². The molecule has 0 heterocycles. The van der Waals surface area contributed by atoms with Crippen LogP contribution in [-0.4, -0.2) is 31.5 Å². The molecule has 0 atom stereocenters. The Kier molecular flexibility index (Phi) is 6.32. The molecule has 2 aromatic rings. The standard InChI is InChI=1S/C18H19F3N2O3/c1-23(12-13-6-8-15(9-7-13)26-18(19,20)21)17(24)22-11-14-4-3-5-16(10-14)25-2/h3-10H,11-12H2,1-2H3,(H,22,24). The summed E-state index contributed by atoms with van der Waals surface area (Å²) in [6.07, 6.45) is -4.72. The largest absolute Gasteiger partial charge is 0.573 e. The van der Waals surface area contributed by atoms with Crippen LogP contribution >= 0.6 is 0 Å². The third-order valence-electron chi connectivity index (χ3n) is 3.50. The van der Waals surface area contributed by atoms with Crippen LogP contribution in [0.25, 0.3) is 0 Å². The first-order valence-electron chi connectivity index (χ1n) is 7.73. The van der Waals surface area contributed by atoms with Crippen LogP contribution in [0.3, 0.4) is 0 Å². The van der Waals surface area contributed by atoms with E-state index >= 15 is 0 Å². The minimum Gasteiger partial charge on any atom is -0.497 e. The monoisotopic (exact) mass is 368 g/mol. The highest BCUT2D eigenvalue weighted by Crippen LogP contribution is 2.23. The fourth-order valence-corrected chi connectivity index (χ4v) is 2.24. The molecule has 1 N–H and O–H groups in total. The van der Waals surface area contributed by atoms with Crippen molar-refractivity contribution in [3.05, 3.63) is 59.7 Å². The van der Waals surface area contributed by atoms with Crippen molar-refractivity contribution in [2.75, 3.05) is 14.2 Å². The highest BCUT2D eigenvalue weighted by molar-refractivity contribution is 5.73. The number of alkyl halides is 3. The van der Waals surface area contributed by atoms with Crippen LogP contribution in [0.5, 0.6) is 11.5 Å². The van der Waals surface area contributed by atoms with E-state index < -0.39 is 6.36 Å². The van der Waals surface area contributed by atoms with E-state index in [-0.39, 0.29) is 18.3 Å². The molecule has 26 heavy (non-hydrogen) atoms. The molecule has 8 heteroatoms. The maximum absolute atomic E-state index is 12.1. The van der Waals surface area contributed by atoms with Crippen molar-refractivity contribution >= 4 is 6.03 Å². The summed E-state index contributed by atoms with van der Waals surface area (Å²) in [7, 11) is 3.16. The fraction of sp³-hybridized carbons (Fsp3) is 0.278. The van der Waals surface area contributed by atoms with Crippen LogP contribution in [0.15, 0.2) is 48.5 Å². The van der Waals surface area contributed by atoms with Gasteiger partial charge in [-0.3, -0.25) is 0 Å². The van der Waals surface area contributed by atoms with Crippen LogP contribution in [0, 0.1) is 0 Å². The Morgan fingerprint density at radius 2 is 1.77 bits per heavy atom. The van der Waals surface area contributed by atoms with Gasteiger partial charge in [0.15, 0.2) is 0 Å². The minimum absolute atomic E-state index is 0.246. The van der Waals surface area contributed by atoms with E-state index in [2.05, 4.69) is 10.1 Å². The first kappa shape index (κ1) is 19.4.